The van der Waals surface area contributed by atoms with Crippen LogP contribution in [0.1, 0.15) is 0 Å². The van der Waals surface area contributed by atoms with Crippen LogP contribution < -0.4 is 0 Å². The SMILES string of the molecule is [Cr].[Mn].[Mo].[SiH4]. The maximum atomic E-state index is 0. The monoisotopic (exact) mass is 237 g/mol. The molecular weight excluding hydrogens is 231 g/mol. The first-order valence-electron chi connectivity index (χ1n) is 0. The van der Waals surface area contributed by atoms with Gasteiger partial charge in [0.05, 0.1) is 0 Å². The fourth-order valence-corrected chi connectivity index (χ4v) is 0. The van der Waals surface area contributed by atoms with Gasteiger partial charge in [0, 0.05) is 55.5 Å². The molecule has 0 atom stereocenters. The molecule has 0 aromatic heterocycles. The minimum absolute atomic E-state index is 0. The zero-order valence-electron chi connectivity index (χ0n) is 1.19. The summed E-state index contributed by atoms with van der Waals surface area (Å²) in [6.07, 6.45) is 0. The minimum atomic E-state index is 0. The zero-order chi connectivity index (χ0) is 0. The van der Waals surface area contributed by atoms with E-state index in [-0.39, 0.29) is 66.5 Å². The second kappa shape index (κ2) is 20.3. The summed E-state index contributed by atoms with van der Waals surface area (Å²) in [5.41, 5.74) is 0. The molecule has 0 nitrogen and oxygen atoms in total. The average molecular weight is 235 g/mol. The molecule has 0 saturated carbocycles. The van der Waals surface area contributed by atoms with E-state index in [4.69, 9.17) is 0 Å². The topological polar surface area (TPSA) is 0 Å². The van der Waals surface area contributed by atoms with E-state index >= 15 is 0 Å². The number of rotatable bonds is 0. The fourth-order valence-electron chi connectivity index (χ4n) is 0. The number of hydrogen-bond donors (Lipinski definition) is 0. The second-order valence-electron chi connectivity index (χ2n) is 0. The van der Waals surface area contributed by atoms with Crippen molar-refractivity contribution in [3.63, 3.8) is 0 Å². The van der Waals surface area contributed by atoms with Crippen molar-refractivity contribution in [2.75, 3.05) is 0 Å². The quantitative estimate of drug-likeness (QED) is 0.450. The van der Waals surface area contributed by atoms with E-state index in [1.54, 1.807) is 0 Å². The molecule has 0 spiro atoms. The van der Waals surface area contributed by atoms with Gasteiger partial charge in [-0.05, 0) is 11.0 Å². The standard InChI is InChI=1S/Cr.Mn.Mo.H4Si/h;;;1H4. The van der Waals surface area contributed by atoms with Crippen molar-refractivity contribution >= 4 is 11.0 Å². The Balaban J connectivity index is 0. The van der Waals surface area contributed by atoms with Crippen LogP contribution in [-0.4, -0.2) is 11.0 Å². The van der Waals surface area contributed by atoms with Crippen molar-refractivity contribution < 1.29 is 55.5 Å². The van der Waals surface area contributed by atoms with Gasteiger partial charge in [0.25, 0.3) is 0 Å². The van der Waals surface area contributed by atoms with E-state index in [1.807, 2.05) is 0 Å². The molecule has 1 radical (unpaired) electrons. The maximum Gasteiger partial charge on any atom is 0 e. The van der Waals surface area contributed by atoms with E-state index < -0.39 is 0 Å². The largest absolute Gasteiger partial charge is 0.0149 e. The Kier molecular flexibility index (Phi) is 194. The minimum Gasteiger partial charge on any atom is -0.0149 e. The summed E-state index contributed by atoms with van der Waals surface area (Å²) in [5, 5.41) is 0. The van der Waals surface area contributed by atoms with Gasteiger partial charge >= 0.3 is 0 Å². The van der Waals surface area contributed by atoms with Crippen molar-refractivity contribution in [2.24, 2.45) is 0 Å². The van der Waals surface area contributed by atoms with Gasteiger partial charge in [-0.1, -0.05) is 0 Å². The molecule has 0 heterocycles. The Labute approximate surface area is 66.0 Å². The first kappa shape index (κ1) is 38.2. The molecule has 0 N–H and O–H groups in total. The first-order valence-corrected chi connectivity index (χ1v) is 0. The molecule has 0 unspecified atom stereocenters. The van der Waals surface area contributed by atoms with Crippen LogP contribution in [0, 0.1) is 0 Å². The van der Waals surface area contributed by atoms with Gasteiger partial charge in [-0.25, -0.2) is 0 Å². The molecule has 0 aromatic rings. The molecular formula is H4CrMnMoSi. The summed E-state index contributed by atoms with van der Waals surface area (Å²) >= 11 is 0. The fraction of sp³-hybridized carbons (Fsp3) is 0. The summed E-state index contributed by atoms with van der Waals surface area (Å²) < 4.78 is 0. The smallest absolute Gasteiger partial charge is 0 e. The van der Waals surface area contributed by atoms with Crippen molar-refractivity contribution in [3.8, 4) is 0 Å². The number of hydrogen-bond acceptors (Lipinski definition) is 0. The molecule has 0 aromatic carbocycles. The Hall–Kier alpha value is 1.96. The van der Waals surface area contributed by atoms with E-state index in [0.717, 1.165) is 0 Å². The third kappa shape index (κ3) is 9.03. The average Bonchev–Trinajstić information content (AvgIpc) is 0. The maximum absolute atomic E-state index is 0. The van der Waals surface area contributed by atoms with E-state index in [0.29, 0.717) is 0 Å². The Bertz CT molecular complexity index is 8.00. The normalized spacial score (nSPS) is 0. The Morgan fingerprint density at radius 2 is 1.00 bits per heavy atom. The van der Waals surface area contributed by atoms with Gasteiger partial charge in [-0.2, -0.15) is 0 Å². The van der Waals surface area contributed by atoms with Crippen LogP contribution in [0.3, 0.4) is 0 Å². The third-order valence-corrected chi connectivity index (χ3v) is 0. The summed E-state index contributed by atoms with van der Waals surface area (Å²) in [5.74, 6) is 0. The van der Waals surface area contributed by atoms with Crippen LogP contribution in [-0.2, 0) is 55.5 Å². The van der Waals surface area contributed by atoms with Crippen molar-refractivity contribution in [1.82, 2.24) is 0 Å². The van der Waals surface area contributed by atoms with Gasteiger partial charge in [0.2, 0.25) is 0 Å². The molecule has 0 saturated heterocycles. The molecule has 4 heavy (non-hydrogen) atoms. The van der Waals surface area contributed by atoms with E-state index in [1.165, 1.54) is 0 Å². The van der Waals surface area contributed by atoms with Crippen LogP contribution in [0.2, 0.25) is 0 Å². The Morgan fingerprint density at radius 3 is 1.00 bits per heavy atom. The van der Waals surface area contributed by atoms with Crippen molar-refractivity contribution in [3.05, 3.63) is 0 Å². The molecule has 0 bridgehead atoms. The molecule has 0 rings (SSSR count). The molecule has 4 heteroatoms. The first-order chi connectivity index (χ1) is 0. The molecule has 0 amide bonds. The predicted octanol–water partition coefficient (Wildman–Crippen LogP) is -1.46. The van der Waals surface area contributed by atoms with E-state index in [2.05, 4.69) is 0 Å². The van der Waals surface area contributed by atoms with Gasteiger partial charge in [0.1, 0.15) is 0 Å². The Morgan fingerprint density at radius 1 is 1.00 bits per heavy atom. The predicted molar refractivity (Wildman–Crippen MR) is 11.3 cm³/mol. The summed E-state index contributed by atoms with van der Waals surface area (Å²) in [6, 6.07) is 0. The molecule has 0 aliphatic rings. The van der Waals surface area contributed by atoms with Crippen molar-refractivity contribution in [2.45, 2.75) is 0 Å². The van der Waals surface area contributed by atoms with E-state index in [9.17, 15) is 0 Å². The summed E-state index contributed by atoms with van der Waals surface area (Å²) in [4.78, 5) is 0. The van der Waals surface area contributed by atoms with Gasteiger partial charge < -0.3 is 0 Å². The van der Waals surface area contributed by atoms with Crippen LogP contribution in [0.4, 0.5) is 0 Å². The van der Waals surface area contributed by atoms with Gasteiger partial charge in [0.15, 0.2) is 0 Å². The van der Waals surface area contributed by atoms with Crippen LogP contribution in [0.5, 0.6) is 0 Å². The summed E-state index contributed by atoms with van der Waals surface area (Å²) in [7, 11) is 0. The summed E-state index contributed by atoms with van der Waals surface area (Å²) in [6.45, 7) is 0. The van der Waals surface area contributed by atoms with Crippen molar-refractivity contribution in [1.29, 1.82) is 0 Å². The van der Waals surface area contributed by atoms with Gasteiger partial charge in [-0.3, -0.25) is 0 Å². The molecule has 0 aliphatic heterocycles. The van der Waals surface area contributed by atoms with Crippen LogP contribution in [0.15, 0.2) is 0 Å². The third-order valence-electron chi connectivity index (χ3n) is 0. The van der Waals surface area contributed by atoms with Crippen LogP contribution >= 0.6 is 0 Å². The van der Waals surface area contributed by atoms with Gasteiger partial charge in [-0.15, -0.1) is 0 Å². The molecule has 0 fully saturated rings. The zero-order valence-corrected chi connectivity index (χ0v) is 5.66. The van der Waals surface area contributed by atoms with Crippen LogP contribution in [0.25, 0.3) is 0 Å². The second-order valence-corrected chi connectivity index (χ2v) is 0. The molecule has 27 valence electrons. The molecule has 0 aliphatic carbocycles.